The van der Waals surface area contributed by atoms with Crippen molar-refractivity contribution in [3.05, 3.63) is 87.9 Å². The average molecular weight is 508 g/mol. The van der Waals surface area contributed by atoms with Crippen LogP contribution in [0.3, 0.4) is 0 Å². The number of carbonyl (C=O) groups excluding carboxylic acids is 2. The number of benzene rings is 3. The first-order valence-electron chi connectivity index (χ1n) is 11.5. The Bertz CT molecular complexity index is 1350. The van der Waals surface area contributed by atoms with Crippen molar-refractivity contribution in [2.24, 2.45) is 0 Å². The van der Waals surface area contributed by atoms with Crippen molar-refractivity contribution in [2.45, 2.75) is 26.8 Å². The third-order valence-corrected chi connectivity index (χ3v) is 6.32. The summed E-state index contributed by atoms with van der Waals surface area (Å²) in [4.78, 5) is 28.0. The van der Waals surface area contributed by atoms with Crippen molar-refractivity contribution < 1.29 is 29.3 Å². The second-order valence-electron chi connectivity index (χ2n) is 8.22. The van der Waals surface area contributed by atoms with Crippen LogP contribution < -0.4 is 14.4 Å². The number of aromatic hydroxyl groups is 1. The lowest BCUT2D eigenvalue weighted by Gasteiger charge is -2.26. The molecule has 0 radical (unpaired) electrons. The highest BCUT2D eigenvalue weighted by Crippen LogP contribution is 2.44. The Labute approximate surface area is 214 Å². The monoisotopic (exact) mass is 507 g/mol. The van der Waals surface area contributed by atoms with Crippen molar-refractivity contribution in [1.29, 1.82) is 0 Å². The highest BCUT2D eigenvalue weighted by Gasteiger charge is 2.47. The molecule has 4 rings (SSSR count). The Kier molecular flexibility index (Phi) is 7.22. The number of aliphatic hydroxyl groups is 1. The Morgan fingerprint density at radius 1 is 0.972 bits per heavy atom. The van der Waals surface area contributed by atoms with Gasteiger partial charge in [-0.05, 0) is 80.4 Å². The number of hydrogen-bond acceptors (Lipinski definition) is 6. The molecule has 0 saturated carbocycles. The Balaban J connectivity index is 1.92. The first-order chi connectivity index (χ1) is 17.3. The fraction of sp³-hybridized carbons (Fsp3) is 0.214. The van der Waals surface area contributed by atoms with Crippen LogP contribution in [0.5, 0.6) is 17.2 Å². The van der Waals surface area contributed by atoms with Crippen LogP contribution in [0.4, 0.5) is 5.69 Å². The summed E-state index contributed by atoms with van der Waals surface area (Å²) < 4.78 is 11.0. The van der Waals surface area contributed by atoms with E-state index in [4.69, 9.17) is 21.1 Å². The Morgan fingerprint density at radius 3 is 2.31 bits per heavy atom. The molecule has 1 aliphatic rings. The summed E-state index contributed by atoms with van der Waals surface area (Å²) in [5.74, 6) is -1.24. The molecule has 1 aliphatic heterocycles. The predicted molar refractivity (Wildman–Crippen MR) is 138 cm³/mol. The maximum Gasteiger partial charge on any atom is 0.300 e. The number of anilines is 1. The molecule has 3 aromatic rings. The van der Waals surface area contributed by atoms with Crippen molar-refractivity contribution >= 4 is 34.7 Å². The molecule has 0 aliphatic carbocycles. The number of nitrogens with zero attached hydrogens (tertiary/aromatic N) is 1. The van der Waals surface area contributed by atoms with Crippen LogP contribution in [0.1, 0.15) is 36.6 Å². The number of halogens is 1. The number of hydrogen-bond donors (Lipinski definition) is 2. The highest BCUT2D eigenvalue weighted by molar-refractivity contribution is 6.51. The van der Waals surface area contributed by atoms with Gasteiger partial charge in [-0.25, -0.2) is 0 Å². The molecule has 1 amide bonds. The van der Waals surface area contributed by atoms with E-state index in [0.29, 0.717) is 40.8 Å². The van der Waals surface area contributed by atoms with Crippen LogP contribution in [0.2, 0.25) is 5.02 Å². The molecule has 0 spiro atoms. The van der Waals surface area contributed by atoms with Gasteiger partial charge in [-0.1, -0.05) is 23.7 Å². The third-order valence-electron chi connectivity index (χ3n) is 5.92. The number of rotatable bonds is 7. The number of phenols is 1. The molecule has 1 atom stereocenters. The second-order valence-corrected chi connectivity index (χ2v) is 8.63. The van der Waals surface area contributed by atoms with Crippen molar-refractivity contribution in [3.8, 4) is 17.2 Å². The number of phenolic OH excluding ortho intramolecular Hbond substituents is 1. The minimum Gasteiger partial charge on any atom is -0.507 e. The topological polar surface area (TPSA) is 96.3 Å². The number of aliphatic hydroxyl groups excluding tert-OH is 1. The lowest BCUT2D eigenvalue weighted by atomic mass is 9.94. The molecule has 1 saturated heterocycles. The second kappa shape index (κ2) is 10.3. The largest absolute Gasteiger partial charge is 0.507 e. The van der Waals surface area contributed by atoms with Gasteiger partial charge in [-0.2, -0.15) is 0 Å². The van der Waals surface area contributed by atoms with Crippen molar-refractivity contribution in [1.82, 2.24) is 0 Å². The third kappa shape index (κ3) is 4.62. The zero-order valence-electron chi connectivity index (χ0n) is 20.1. The van der Waals surface area contributed by atoms with Crippen LogP contribution in [-0.2, 0) is 9.59 Å². The molecule has 8 heteroatoms. The number of aryl methyl sites for hydroxylation is 1. The fourth-order valence-electron chi connectivity index (χ4n) is 4.15. The van der Waals surface area contributed by atoms with E-state index in [-0.39, 0.29) is 22.8 Å². The smallest absolute Gasteiger partial charge is 0.300 e. The molecular weight excluding hydrogens is 482 g/mol. The Morgan fingerprint density at radius 2 is 1.67 bits per heavy atom. The number of ketones is 1. The zero-order chi connectivity index (χ0) is 26.0. The SMILES string of the molecule is CCOc1ccc(/C(O)=C2\C(=O)C(=O)N(c3ccc(C)c(Cl)c3)C2c2ccc(O)c(OCC)c2)cc1. The lowest BCUT2D eigenvalue weighted by molar-refractivity contribution is -0.132. The van der Waals surface area contributed by atoms with E-state index < -0.39 is 17.7 Å². The normalized spacial score (nSPS) is 16.9. The van der Waals surface area contributed by atoms with Gasteiger partial charge in [0.25, 0.3) is 11.7 Å². The minimum absolute atomic E-state index is 0.0811. The summed E-state index contributed by atoms with van der Waals surface area (Å²) in [6.45, 7) is 6.26. The molecule has 0 aromatic heterocycles. The number of amides is 1. The maximum atomic E-state index is 13.3. The number of ether oxygens (including phenoxy) is 2. The molecule has 1 fully saturated rings. The van der Waals surface area contributed by atoms with Gasteiger partial charge in [-0.3, -0.25) is 14.5 Å². The summed E-state index contributed by atoms with van der Waals surface area (Å²) in [6.07, 6.45) is 0. The van der Waals surface area contributed by atoms with E-state index in [9.17, 15) is 19.8 Å². The van der Waals surface area contributed by atoms with Gasteiger partial charge in [0, 0.05) is 16.3 Å². The quantitative estimate of drug-likeness (QED) is 0.239. The Hall–Kier alpha value is -3.97. The molecule has 36 heavy (non-hydrogen) atoms. The molecule has 2 N–H and O–H groups in total. The molecule has 7 nitrogen and oxygen atoms in total. The van der Waals surface area contributed by atoms with E-state index in [1.807, 2.05) is 13.8 Å². The summed E-state index contributed by atoms with van der Waals surface area (Å²) in [6, 6.07) is 15.2. The van der Waals surface area contributed by atoms with Gasteiger partial charge in [0.2, 0.25) is 0 Å². The first kappa shape index (κ1) is 25.1. The van der Waals surface area contributed by atoms with Gasteiger partial charge < -0.3 is 19.7 Å². The van der Waals surface area contributed by atoms with Gasteiger partial charge in [0.05, 0.1) is 24.8 Å². The van der Waals surface area contributed by atoms with Crippen molar-refractivity contribution in [2.75, 3.05) is 18.1 Å². The van der Waals surface area contributed by atoms with Crippen LogP contribution >= 0.6 is 11.6 Å². The standard InChI is InChI=1S/C28H26ClNO6/c1-4-35-20-11-7-17(8-12-20)26(32)24-25(18-9-13-22(31)23(14-18)36-5-2)30(28(34)27(24)33)19-10-6-16(3)21(29)15-19/h6-15,25,31-32H,4-5H2,1-3H3/b26-24+. The highest BCUT2D eigenvalue weighted by atomic mass is 35.5. The zero-order valence-corrected chi connectivity index (χ0v) is 20.9. The van der Waals surface area contributed by atoms with Crippen molar-refractivity contribution in [3.63, 3.8) is 0 Å². The molecule has 186 valence electrons. The van der Waals surface area contributed by atoms with Crippen LogP contribution in [0.15, 0.2) is 66.2 Å². The number of carbonyl (C=O) groups is 2. The number of Topliss-reactive ketones (excluding diaryl/α,β-unsaturated/α-hetero) is 1. The molecule has 0 bridgehead atoms. The van der Waals surface area contributed by atoms with E-state index in [0.717, 1.165) is 5.56 Å². The van der Waals surface area contributed by atoms with E-state index in [2.05, 4.69) is 0 Å². The van der Waals surface area contributed by atoms with Gasteiger partial charge in [-0.15, -0.1) is 0 Å². The van der Waals surface area contributed by atoms with Crippen LogP contribution in [0.25, 0.3) is 5.76 Å². The van der Waals surface area contributed by atoms with E-state index in [1.54, 1.807) is 61.5 Å². The van der Waals surface area contributed by atoms with Crippen LogP contribution in [-0.4, -0.2) is 35.1 Å². The van der Waals surface area contributed by atoms with Crippen LogP contribution in [0, 0.1) is 6.92 Å². The summed E-state index contributed by atoms with van der Waals surface area (Å²) >= 11 is 6.34. The lowest BCUT2D eigenvalue weighted by Crippen LogP contribution is -2.29. The van der Waals surface area contributed by atoms with E-state index in [1.165, 1.54) is 11.0 Å². The summed E-state index contributed by atoms with van der Waals surface area (Å²) in [5, 5.41) is 21.9. The summed E-state index contributed by atoms with van der Waals surface area (Å²) in [7, 11) is 0. The van der Waals surface area contributed by atoms with Gasteiger partial charge in [0.15, 0.2) is 11.5 Å². The molecule has 1 heterocycles. The van der Waals surface area contributed by atoms with E-state index >= 15 is 0 Å². The first-order valence-corrected chi connectivity index (χ1v) is 11.9. The molecule has 1 unspecified atom stereocenters. The minimum atomic E-state index is -0.991. The molecular formula is C28H26ClNO6. The predicted octanol–water partition coefficient (Wildman–Crippen LogP) is 5.78. The van der Waals surface area contributed by atoms with Gasteiger partial charge in [0.1, 0.15) is 11.5 Å². The molecule has 3 aromatic carbocycles. The van der Waals surface area contributed by atoms with Gasteiger partial charge >= 0.3 is 0 Å². The average Bonchev–Trinajstić information content (AvgIpc) is 3.13. The maximum absolute atomic E-state index is 13.3. The fourth-order valence-corrected chi connectivity index (χ4v) is 4.32. The summed E-state index contributed by atoms with van der Waals surface area (Å²) in [5.41, 5.74) is 1.95.